The van der Waals surface area contributed by atoms with E-state index >= 15 is 0 Å². The summed E-state index contributed by atoms with van der Waals surface area (Å²) in [6.07, 6.45) is 4.94. The highest BCUT2D eigenvalue weighted by Crippen LogP contribution is 2.53. The van der Waals surface area contributed by atoms with Crippen LogP contribution in [0.2, 0.25) is 10.0 Å². The minimum absolute atomic E-state index is 0.0506. The van der Waals surface area contributed by atoms with Crippen LogP contribution in [-0.4, -0.2) is 36.6 Å². The van der Waals surface area contributed by atoms with Gasteiger partial charge in [-0.1, -0.05) is 70.9 Å². The van der Waals surface area contributed by atoms with Crippen molar-refractivity contribution in [2.75, 3.05) is 18.0 Å². The van der Waals surface area contributed by atoms with Crippen LogP contribution in [-0.2, 0) is 17.4 Å². The molecule has 1 aliphatic carbocycles. The first kappa shape index (κ1) is 25.3. The molecule has 4 aromatic rings. The van der Waals surface area contributed by atoms with E-state index in [1.165, 1.54) is 11.1 Å². The van der Waals surface area contributed by atoms with Crippen LogP contribution in [0.4, 0.5) is 5.13 Å². The Labute approximate surface area is 233 Å². The van der Waals surface area contributed by atoms with Crippen LogP contribution in [0.3, 0.4) is 0 Å². The van der Waals surface area contributed by atoms with E-state index in [-0.39, 0.29) is 16.2 Å². The first-order valence-corrected chi connectivity index (χ1v) is 15.2. The van der Waals surface area contributed by atoms with E-state index in [9.17, 15) is 4.21 Å². The van der Waals surface area contributed by atoms with Crippen molar-refractivity contribution in [3.63, 3.8) is 0 Å². The second-order valence-corrected chi connectivity index (χ2v) is 14.7. The van der Waals surface area contributed by atoms with Gasteiger partial charge in [0.15, 0.2) is 0 Å². The molecule has 1 fully saturated rings. The molecule has 0 amide bonds. The molecule has 3 heterocycles. The first-order valence-electron chi connectivity index (χ1n) is 12.5. The van der Waals surface area contributed by atoms with E-state index < -0.39 is 11.0 Å². The summed E-state index contributed by atoms with van der Waals surface area (Å²) in [6, 6.07) is 14.3. The molecule has 1 aliphatic heterocycles. The van der Waals surface area contributed by atoms with Crippen molar-refractivity contribution >= 4 is 55.6 Å². The summed E-state index contributed by atoms with van der Waals surface area (Å²) in [5.74, 6) is 0. The fourth-order valence-corrected chi connectivity index (χ4v) is 7.79. The monoisotopic (exact) mass is 573 g/mol. The predicted octanol–water partition coefficient (Wildman–Crippen LogP) is 6.70. The molecule has 0 unspecified atom stereocenters. The molecule has 2 atom stereocenters. The van der Waals surface area contributed by atoms with Crippen molar-refractivity contribution in [3.05, 3.63) is 69.8 Å². The number of piperidine rings is 1. The Kier molecular flexibility index (Phi) is 6.39. The second kappa shape index (κ2) is 9.35. The summed E-state index contributed by atoms with van der Waals surface area (Å²) in [5, 5.41) is 6.84. The Morgan fingerprint density at radius 1 is 1.11 bits per heavy atom. The van der Waals surface area contributed by atoms with Gasteiger partial charge >= 0.3 is 0 Å². The first-order chi connectivity index (χ1) is 17.6. The van der Waals surface area contributed by atoms with Gasteiger partial charge < -0.3 is 4.90 Å². The number of hydrogen-bond donors (Lipinski definition) is 1. The van der Waals surface area contributed by atoms with E-state index in [1.54, 1.807) is 17.4 Å². The summed E-state index contributed by atoms with van der Waals surface area (Å²) in [5.41, 5.74) is 4.29. The van der Waals surface area contributed by atoms with Gasteiger partial charge in [-0.2, -0.15) is 0 Å². The van der Waals surface area contributed by atoms with Crippen LogP contribution < -0.4 is 9.62 Å². The normalized spacial score (nSPS) is 20.0. The number of imidazole rings is 1. The van der Waals surface area contributed by atoms with Crippen LogP contribution in [0, 0.1) is 5.41 Å². The number of fused-ring (bicyclic) bond motifs is 2. The molecule has 2 aromatic heterocycles. The molecule has 6 rings (SSSR count). The Morgan fingerprint density at radius 2 is 1.86 bits per heavy atom. The standard InChI is InChI=1S/C27H29Cl2N5OS2/c1-26(2,3)37(35)32-23-18-8-5-4-7-17(18)15-27(23)11-13-33(14-12-27)25-31-34-16-21(30-24(34)36-25)19-9-6-10-20(28)22(19)29/h4-10,16,23,32H,11-15H2,1-3H3/t23-,37-/m1/s1. The quantitative estimate of drug-likeness (QED) is 0.295. The molecule has 0 saturated carbocycles. The molecule has 2 aliphatic rings. The molecule has 1 saturated heterocycles. The lowest BCUT2D eigenvalue weighted by molar-refractivity contribution is 0.177. The Morgan fingerprint density at radius 3 is 2.59 bits per heavy atom. The molecule has 37 heavy (non-hydrogen) atoms. The van der Waals surface area contributed by atoms with Crippen LogP contribution in [0.15, 0.2) is 48.7 Å². The SMILES string of the molecule is CC(C)(C)[S@@](=O)N[C@@H]1c2ccccc2CC12CCN(c1nn3cc(-c4cccc(Cl)c4Cl)nc3s1)CC2. The third-order valence-corrected chi connectivity index (χ3v) is 11.0. The fourth-order valence-electron chi connectivity index (χ4n) is 5.52. The van der Waals surface area contributed by atoms with Crippen molar-refractivity contribution in [2.45, 2.75) is 50.8 Å². The number of nitrogens with zero attached hydrogens (tertiary/aromatic N) is 4. The summed E-state index contributed by atoms with van der Waals surface area (Å²) in [7, 11) is -1.14. The van der Waals surface area contributed by atoms with Crippen molar-refractivity contribution in [3.8, 4) is 11.3 Å². The highest BCUT2D eigenvalue weighted by molar-refractivity contribution is 7.84. The van der Waals surface area contributed by atoms with Crippen LogP contribution in [0.1, 0.15) is 50.8 Å². The number of nitrogens with one attached hydrogen (secondary N) is 1. The van der Waals surface area contributed by atoms with E-state index in [1.807, 2.05) is 43.6 Å². The highest BCUT2D eigenvalue weighted by atomic mass is 35.5. The van der Waals surface area contributed by atoms with Gasteiger partial charge in [-0.3, -0.25) is 0 Å². The number of hydrogen-bond acceptors (Lipinski definition) is 5. The summed E-state index contributed by atoms with van der Waals surface area (Å²) in [6.45, 7) is 7.88. The Balaban J connectivity index is 1.22. The van der Waals surface area contributed by atoms with Crippen LogP contribution >= 0.6 is 34.5 Å². The molecule has 10 heteroatoms. The molecule has 0 radical (unpaired) electrons. The Bertz CT molecular complexity index is 1470. The van der Waals surface area contributed by atoms with E-state index in [0.29, 0.717) is 10.0 Å². The fraction of sp³-hybridized carbons (Fsp3) is 0.407. The lowest BCUT2D eigenvalue weighted by Crippen LogP contribution is -2.47. The van der Waals surface area contributed by atoms with Gasteiger partial charge in [-0.15, -0.1) is 5.10 Å². The van der Waals surface area contributed by atoms with Gasteiger partial charge in [0.05, 0.1) is 43.7 Å². The van der Waals surface area contributed by atoms with E-state index in [4.69, 9.17) is 33.3 Å². The average molecular weight is 575 g/mol. The van der Waals surface area contributed by atoms with Gasteiger partial charge in [0.25, 0.3) is 0 Å². The van der Waals surface area contributed by atoms with Crippen molar-refractivity contribution in [2.24, 2.45) is 5.41 Å². The number of benzene rings is 2. The van der Waals surface area contributed by atoms with Crippen molar-refractivity contribution in [1.29, 1.82) is 0 Å². The zero-order valence-electron chi connectivity index (χ0n) is 21.0. The van der Waals surface area contributed by atoms with E-state index in [0.717, 1.165) is 53.7 Å². The van der Waals surface area contributed by atoms with E-state index in [2.05, 4.69) is 33.9 Å². The average Bonchev–Trinajstić information content (AvgIpc) is 3.52. The van der Waals surface area contributed by atoms with Gasteiger partial charge in [-0.05, 0) is 62.6 Å². The molecular formula is C27H29Cl2N5OS2. The summed E-state index contributed by atoms with van der Waals surface area (Å²) >= 11 is 14.2. The molecule has 0 bridgehead atoms. The topological polar surface area (TPSA) is 62.5 Å². The smallest absolute Gasteiger partial charge is 0.214 e. The maximum Gasteiger partial charge on any atom is 0.214 e. The van der Waals surface area contributed by atoms with Crippen LogP contribution in [0.5, 0.6) is 0 Å². The third-order valence-electron chi connectivity index (χ3n) is 7.59. The zero-order chi connectivity index (χ0) is 25.9. The van der Waals surface area contributed by atoms with Crippen LogP contribution in [0.25, 0.3) is 16.2 Å². The number of halogens is 2. The maximum atomic E-state index is 13.1. The molecule has 2 aromatic carbocycles. The third kappa shape index (κ3) is 4.51. The minimum Gasteiger partial charge on any atom is -0.347 e. The molecule has 194 valence electrons. The number of anilines is 1. The highest BCUT2D eigenvalue weighted by Gasteiger charge is 2.49. The number of aromatic nitrogens is 3. The van der Waals surface area contributed by atoms with Gasteiger partial charge in [-0.25, -0.2) is 18.4 Å². The van der Waals surface area contributed by atoms with Gasteiger partial charge in [0.2, 0.25) is 10.1 Å². The maximum absolute atomic E-state index is 13.1. The molecule has 6 nitrogen and oxygen atoms in total. The number of rotatable bonds is 4. The largest absolute Gasteiger partial charge is 0.347 e. The Hall–Kier alpha value is -1.97. The zero-order valence-corrected chi connectivity index (χ0v) is 24.1. The molecule has 1 N–H and O–H groups in total. The summed E-state index contributed by atoms with van der Waals surface area (Å²) in [4.78, 5) is 7.96. The van der Waals surface area contributed by atoms with Crippen molar-refractivity contribution in [1.82, 2.24) is 19.3 Å². The molecule has 1 spiro atoms. The predicted molar refractivity (Wildman–Crippen MR) is 154 cm³/mol. The van der Waals surface area contributed by atoms with Gasteiger partial charge in [0.1, 0.15) is 0 Å². The van der Waals surface area contributed by atoms with Crippen molar-refractivity contribution < 1.29 is 4.21 Å². The minimum atomic E-state index is -1.14. The molecular weight excluding hydrogens is 545 g/mol. The summed E-state index contributed by atoms with van der Waals surface area (Å²) < 4.78 is 18.2. The lowest BCUT2D eigenvalue weighted by Gasteiger charge is -2.43. The van der Waals surface area contributed by atoms with Gasteiger partial charge in [0, 0.05) is 18.7 Å². The lowest BCUT2D eigenvalue weighted by atomic mass is 9.73. The second-order valence-electron chi connectivity index (χ2n) is 11.0.